The van der Waals surface area contributed by atoms with Crippen LogP contribution in [0, 0.1) is 5.82 Å². The lowest BCUT2D eigenvalue weighted by molar-refractivity contribution is 0.133. The summed E-state index contributed by atoms with van der Waals surface area (Å²) >= 11 is 0. The summed E-state index contributed by atoms with van der Waals surface area (Å²) in [4.78, 5) is 4.99. The molecular formula is C16H24FN3. The van der Waals surface area contributed by atoms with Crippen LogP contribution < -0.4 is 10.2 Å². The summed E-state index contributed by atoms with van der Waals surface area (Å²) in [6, 6.07) is 6.11. The first-order valence-electron chi connectivity index (χ1n) is 7.70. The van der Waals surface area contributed by atoms with E-state index in [0.29, 0.717) is 12.6 Å². The van der Waals surface area contributed by atoms with Gasteiger partial charge in [0.1, 0.15) is 5.82 Å². The summed E-state index contributed by atoms with van der Waals surface area (Å²) in [7, 11) is 1.87. The molecule has 2 heterocycles. The second kappa shape index (κ2) is 6.10. The van der Waals surface area contributed by atoms with Gasteiger partial charge in [-0.3, -0.25) is 4.90 Å². The third-order valence-electron chi connectivity index (χ3n) is 4.63. The molecule has 1 aromatic carbocycles. The molecule has 4 heteroatoms. The monoisotopic (exact) mass is 277 g/mol. The highest BCUT2D eigenvalue weighted by Crippen LogP contribution is 2.28. The van der Waals surface area contributed by atoms with Gasteiger partial charge in [0.2, 0.25) is 0 Å². The molecule has 110 valence electrons. The van der Waals surface area contributed by atoms with Crippen molar-refractivity contribution in [2.75, 3.05) is 38.1 Å². The molecule has 0 radical (unpaired) electrons. The first kappa shape index (κ1) is 13.8. The van der Waals surface area contributed by atoms with Crippen molar-refractivity contribution in [3.63, 3.8) is 0 Å². The van der Waals surface area contributed by atoms with Crippen molar-refractivity contribution >= 4 is 5.69 Å². The fourth-order valence-corrected chi connectivity index (χ4v) is 3.57. The second-order valence-electron chi connectivity index (χ2n) is 5.90. The van der Waals surface area contributed by atoms with Gasteiger partial charge in [0, 0.05) is 43.5 Å². The Morgan fingerprint density at radius 1 is 1.25 bits per heavy atom. The maximum Gasteiger partial charge on any atom is 0.129 e. The SMILES string of the molecule is CNCc1c(F)cccc1N1CCN2CCCCC2C1. The van der Waals surface area contributed by atoms with Crippen LogP contribution in [0.2, 0.25) is 0 Å². The standard InChI is InChI=1S/C16H24FN3/c1-18-11-14-15(17)6-4-7-16(14)20-10-9-19-8-3-2-5-13(19)12-20/h4,6-7,13,18H,2-3,5,8-12H2,1H3. The Morgan fingerprint density at radius 2 is 2.15 bits per heavy atom. The van der Waals surface area contributed by atoms with E-state index in [9.17, 15) is 4.39 Å². The third kappa shape index (κ3) is 2.67. The van der Waals surface area contributed by atoms with Gasteiger partial charge in [-0.15, -0.1) is 0 Å². The zero-order chi connectivity index (χ0) is 13.9. The maximum atomic E-state index is 14.0. The number of rotatable bonds is 3. The molecule has 3 nitrogen and oxygen atoms in total. The van der Waals surface area contributed by atoms with Crippen molar-refractivity contribution in [2.24, 2.45) is 0 Å². The third-order valence-corrected chi connectivity index (χ3v) is 4.63. The normalized spacial score (nSPS) is 23.7. The topological polar surface area (TPSA) is 18.5 Å². The van der Waals surface area contributed by atoms with Crippen molar-refractivity contribution < 1.29 is 4.39 Å². The molecule has 1 aromatic rings. The van der Waals surface area contributed by atoms with Crippen molar-refractivity contribution in [1.82, 2.24) is 10.2 Å². The molecule has 0 saturated carbocycles. The van der Waals surface area contributed by atoms with E-state index in [1.54, 1.807) is 6.07 Å². The van der Waals surface area contributed by atoms with Crippen molar-refractivity contribution in [1.29, 1.82) is 0 Å². The summed E-state index contributed by atoms with van der Waals surface area (Å²) < 4.78 is 14.0. The molecule has 2 fully saturated rings. The number of piperidine rings is 1. The summed E-state index contributed by atoms with van der Waals surface area (Å²) in [5.74, 6) is -0.0945. The zero-order valence-electron chi connectivity index (χ0n) is 12.2. The van der Waals surface area contributed by atoms with E-state index < -0.39 is 0 Å². The summed E-state index contributed by atoms with van der Waals surface area (Å²) in [6.07, 6.45) is 3.95. The Hall–Kier alpha value is -1.13. The van der Waals surface area contributed by atoms with Crippen LogP contribution in [0.5, 0.6) is 0 Å². The van der Waals surface area contributed by atoms with Gasteiger partial charge in [-0.1, -0.05) is 12.5 Å². The minimum Gasteiger partial charge on any atom is -0.368 e. The molecule has 0 aliphatic carbocycles. The van der Waals surface area contributed by atoms with Crippen LogP contribution in [0.4, 0.5) is 10.1 Å². The fourth-order valence-electron chi connectivity index (χ4n) is 3.57. The van der Waals surface area contributed by atoms with Crippen LogP contribution >= 0.6 is 0 Å². The fraction of sp³-hybridized carbons (Fsp3) is 0.625. The Balaban J connectivity index is 1.81. The minimum absolute atomic E-state index is 0.0945. The average Bonchev–Trinajstić information content (AvgIpc) is 2.49. The Morgan fingerprint density at radius 3 is 3.00 bits per heavy atom. The molecule has 0 aromatic heterocycles. The first-order chi connectivity index (χ1) is 9.79. The van der Waals surface area contributed by atoms with Crippen LogP contribution in [0.15, 0.2) is 18.2 Å². The molecule has 2 saturated heterocycles. The molecule has 0 bridgehead atoms. The Kier molecular flexibility index (Phi) is 4.22. The van der Waals surface area contributed by atoms with Crippen LogP contribution in [-0.4, -0.2) is 44.2 Å². The Bertz CT molecular complexity index is 463. The van der Waals surface area contributed by atoms with Crippen molar-refractivity contribution in [3.8, 4) is 0 Å². The van der Waals surface area contributed by atoms with Crippen LogP contribution in [0.3, 0.4) is 0 Å². The summed E-state index contributed by atoms with van der Waals surface area (Å²) in [6.45, 7) is 4.99. The largest absolute Gasteiger partial charge is 0.368 e. The number of halogens is 1. The van der Waals surface area contributed by atoms with Crippen molar-refractivity contribution in [2.45, 2.75) is 31.8 Å². The number of nitrogens with one attached hydrogen (secondary N) is 1. The highest BCUT2D eigenvalue weighted by Gasteiger charge is 2.29. The van der Waals surface area contributed by atoms with E-state index >= 15 is 0 Å². The maximum absolute atomic E-state index is 14.0. The van der Waals surface area contributed by atoms with Gasteiger partial charge in [0.25, 0.3) is 0 Å². The van der Waals surface area contributed by atoms with E-state index in [4.69, 9.17) is 0 Å². The van der Waals surface area contributed by atoms with Crippen molar-refractivity contribution in [3.05, 3.63) is 29.6 Å². The number of benzene rings is 1. The van der Waals surface area contributed by atoms with Crippen LogP contribution in [0.1, 0.15) is 24.8 Å². The van der Waals surface area contributed by atoms with E-state index in [0.717, 1.165) is 30.9 Å². The molecule has 1 atom stereocenters. The van der Waals surface area contributed by atoms with E-state index in [1.807, 2.05) is 13.1 Å². The minimum atomic E-state index is -0.0945. The van der Waals surface area contributed by atoms with Gasteiger partial charge in [-0.05, 0) is 38.6 Å². The molecule has 0 spiro atoms. The number of hydrogen-bond donors (Lipinski definition) is 1. The summed E-state index contributed by atoms with van der Waals surface area (Å²) in [5.41, 5.74) is 1.88. The van der Waals surface area contributed by atoms with Crippen LogP contribution in [0.25, 0.3) is 0 Å². The highest BCUT2D eigenvalue weighted by molar-refractivity contribution is 5.55. The predicted molar refractivity (Wildman–Crippen MR) is 80.6 cm³/mol. The molecule has 1 N–H and O–H groups in total. The van der Waals surface area contributed by atoms with Gasteiger partial charge in [0.15, 0.2) is 0 Å². The smallest absolute Gasteiger partial charge is 0.129 e. The Labute approximate surface area is 120 Å². The lowest BCUT2D eigenvalue weighted by Crippen LogP contribution is -2.55. The molecule has 20 heavy (non-hydrogen) atoms. The molecule has 3 rings (SSSR count). The van der Waals surface area contributed by atoms with Gasteiger partial charge in [-0.25, -0.2) is 4.39 Å². The lowest BCUT2D eigenvalue weighted by Gasteiger charge is -2.45. The average molecular weight is 277 g/mol. The quantitative estimate of drug-likeness (QED) is 0.914. The number of anilines is 1. The predicted octanol–water partition coefficient (Wildman–Crippen LogP) is 2.22. The van der Waals surface area contributed by atoms with Crippen LogP contribution in [-0.2, 0) is 6.54 Å². The zero-order valence-corrected chi connectivity index (χ0v) is 12.2. The summed E-state index contributed by atoms with van der Waals surface area (Å²) in [5, 5.41) is 3.08. The molecule has 2 aliphatic heterocycles. The van der Waals surface area contributed by atoms with E-state index in [1.165, 1.54) is 25.8 Å². The van der Waals surface area contributed by atoms with Gasteiger partial charge in [0.05, 0.1) is 0 Å². The second-order valence-corrected chi connectivity index (χ2v) is 5.90. The first-order valence-corrected chi connectivity index (χ1v) is 7.70. The molecule has 2 aliphatic rings. The number of fused-ring (bicyclic) bond motifs is 1. The molecule has 1 unspecified atom stereocenters. The van der Waals surface area contributed by atoms with E-state index in [2.05, 4.69) is 21.2 Å². The van der Waals surface area contributed by atoms with Gasteiger partial charge < -0.3 is 10.2 Å². The van der Waals surface area contributed by atoms with E-state index in [-0.39, 0.29) is 5.82 Å². The molecule has 0 amide bonds. The number of piperazine rings is 1. The lowest BCUT2D eigenvalue weighted by atomic mass is 9.98. The highest BCUT2D eigenvalue weighted by atomic mass is 19.1. The van der Waals surface area contributed by atoms with Gasteiger partial charge in [-0.2, -0.15) is 0 Å². The number of nitrogens with zero attached hydrogens (tertiary/aromatic N) is 2. The number of hydrogen-bond acceptors (Lipinski definition) is 3. The molecular weight excluding hydrogens is 253 g/mol. The van der Waals surface area contributed by atoms with Gasteiger partial charge >= 0.3 is 0 Å².